The van der Waals surface area contributed by atoms with E-state index >= 15 is 0 Å². The number of nitrogens with zero attached hydrogens (tertiary/aromatic N) is 1. The summed E-state index contributed by atoms with van der Waals surface area (Å²) in [4.78, 5) is 2.22. The molecule has 0 aliphatic rings. The Hall–Kier alpha value is -0.840. The minimum Gasteiger partial charge on any atom is -0.465 e. The molecule has 4 heteroatoms. The molecule has 0 aromatic carbocycles. The number of rotatable bonds is 7. The van der Waals surface area contributed by atoms with Gasteiger partial charge in [-0.25, -0.2) is 0 Å². The monoisotopic (exact) mass is 240 g/mol. The molecule has 1 aromatic rings. The summed E-state index contributed by atoms with van der Waals surface area (Å²) in [6.45, 7) is 5.68. The number of ether oxygens (including phenoxy) is 1. The summed E-state index contributed by atoms with van der Waals surface area (Å²) in [5.41, 5.74) is 6.05. The third-order valence-corrected chi connectivity index (χ3v) is 2.88. The molecule has 0 saturated heterocycles. The van der Waals surface area contributed by atoms with Gasteiger partial charge in [0.25, 0.3) is 0 Å². The van der Waals surface area contributed by atoms with Gasteiger partial charge < -0.3 is 14.9 Å². The van der Waals surface area contributed by atoms with Crippen LogP contribution in [-0.4, -0.2) is 38.3 Å². The average Bonchev–Trinajstić information content (AvgIpc) is 2.65. The van der Waals surface area contributed by atoms with Gasteiger partial charge >= 0.3 is 0 Å². The van der Waals surface area contributed by atoms with Gasteiger partial charge in [0.05, 0.1) is 6.04 Å². The number of nitrogens with two attached hydrogens (primary N) is 1. The van der Waals surface area contributed by atoms with Crippen molar-refractivity contribution >= 4 is 0 Å². The van der Waals surface area contributed by atoms with Crippen molar-refractivity contribution in [3.05, 3.63) is 23.7 Å². The largest absolute Gasteiger partial charge is 0.465 e. The van der Waals surface area contributed by atoms with E-state index in [-0.39, 0.29) is 12.1 Å². The van der Waals surface area contributed by atoms with Crippen molar-refractivity contribution in [3.63, 3.8) is 0 Å². The molecule has 0 saturated carbocycles. The second kappa shape index (κ2) is 6.79. The van der Waals surface area contributed by atoms with Crippen molar-refractivity contribution in [3.8, 4) is 0 Å². The first-order chi connectivity index (χ1) is 8.06. The minimum atomic E-state index is 0.0353. The minimum absolute atomic E-state index is 0.0353. The molecular weight excluding hydrogens is 216 g/mol. The van der Waals surface area contributed by atoms with Crippen molar-refractivity contribution < 1.29 is 9.15 Å². The normalized spacial score (nSPS) is 15.2. The number of hydrogen-bond donors (Lipinski definition) is 1. The quantitative estimate of drug-likeness (QED) is 0.740. The number of furan rings is 1. The smallest absolute Gasteiger partial charge is 0.122 e. The summed E-state index contributed by atoms with van der Waals surface area (Å²) >= 11 is 0. The van der Waals surface area contributed by atoms with Gasteiger partial charge in [0.15, 0.2) is 0 Å². The lowest BCUT2D eigenvalue weighted by molar-refractivity contribution is 0.148. The zero-order chi connectivity index (χ0) is 12.8. The molecular formula is C13H24N2O2. The highest BCUT2D eigenvalue weighted by Crippen LogP contribution is 2.24. The van der Waals surface area contributed by atoms with Crippen LogP contribution in [-0.2, 0) is 4.74 Å². The molecule has 1 rings (SSSR count). The lowest BCUT2D eigenvalue weighted by Crippen LogP contribution is -2.37. The molecule has 4 nitrogen and oxygen atoms in total. The Morgan fingerprint density at radius 3 is 2.65 bits per heavy atom. The van der Waals surface area contributed by atoms with Crippen molar-refractivity contribution in [1.82, 2.24) is 4.90 Å². The van der Waals surface area contributed by atoms with E-state index in [4.69, 9.17) is 14.9 Å². The fraction of sp³-hybridized carbons (Fsp3) is 0.692. The van der Waals surface area contributed by atoms with Crippen molar-refractivity contribution in [2.75, 3.05) is 27.3 Å². The summed E-state index contributed by atoms with van der Waals surface area (Å²) < 4.78 is 10.7. The summed E-state index contributed by atoms with van der Waals surface area (Å²) in [5.74, 6) is 1.87. The molecule has 0 spiro atoms. The second-order valence-electron chi connectivity index (χ2n) is 4.58. The maximum atomic E-state index is 6.05. The molecule has 0 aliphatic carbocycles. The Kier molecular flexibility index (Phi) is 5.68. The van der Waals surface area contributed by atoms with Crippen LogP contribution in [0.3, 0.4) is 0 Å². The average molecular weight is 240 g/mol. The first-order valence-electron chi connectivity index (χ1n) is 6.07. The third-order valence-electron chi connectivity index (χ3n) is 2.88. The van der Waals surface area contributed by atoms with Gasteiger partial charge in [-0.15, -0.1) is 0 Å². The molecule has 0 fully saturated rings. The molecule has 0 aliphatic heterocycles. The van der Waals surface area contributed by atoms with Crippen LogP contribution in [0.25, 0.3) is 0 Å². The fourth-order valence-electron chi connectivity index (χ4n) is 2.09. The van der Waals surface area contributed by atoms with Crippen LogP contribution in [0.2, 0.25) is 0 Å². The van der Waals surface area contributed by atoms with Crippen molar-refractivity contribution in [1.29, 1.82) is 0 Å². The number of methoxy groups -OCH3 is 1. The second-order valence-corrected chi connectivity index (χ2v) is 4.58. The molecule has 98 valence electrons. The molecule has 2 N–H and O–H groups in total. The highest BCUT2D eigenvalue weighted by molar-refractivity contribution is 5.11. The molecule has 1 aromatic heterocycles. The van der Waals surface area contributed by atoms with Gasteiger partial charge in [0, 0.05) is 26.3 Å². The zero-order valence-corrected chi connectivity index (χ0v) is 11.3. The Morgan fingerprint density at radius 1 is 1.47 bits per heavy atom. The first-order valence-corrected chi connectivity index (χ1v) is 6.07. The number of aryl methyl sites for hydroxylation is 1. The van der Waals surface area contributed by atoms with E-state index in [1.54, 1.807) is 7.11 Å². The summed E-state index contributed by atoms with van der Waals surface area (Å²) in [6, 6.07) is 4.15. The van der Waals surface area contributed by atoms with E-state index in [0.717, 1.165) is 31.1 Å². The molecule has 0 amide bonds. The van der Waals surface area contributed by atoms with Crippen molar-refractivity contribution in [2.24, 2.45) is 5.73 Å². The van der Waals surface area contributed by atoms with E-state index in [9.17, 15) is 0 Å². The molecule has 2 unspecified atom stereocenters. The maximum Gasteiger partial charge on any atom is 0.122 e. The highest BCUT2D eigenvalue weighted by atomic mass is 16.5. The Labute approximate surface area is 104 Å². The van der Waals surface area contributed by atoms with E-state index in [0.29, 0.717) is 0 Å². The zero-order valence-electron chi connectivity index (χ0n) is 11.3. The SMILES string of the molecule is COCCCN(C)C(c1ccc(C)o1)C(C)N. The predicted molar refractivity (Wildman–Crippen MR) is 69.0 cm³/mol. The van der Waals surface area contributed by atoms with Gasteiger partial charge in [-0.2, -0.15) is 0 Å². The van der Waals surface area contributed by atoms with Crippen LogP contribution in [0, 0.1) is 6.92 Å². The number of hydrogen-bond acceptors (Lipinski definition) is 4. The van der Waals surface area contributed by atoms with Crippen LogP contribution in [0.1, 0.15) is 30.9 Å². The van der Waals surface area contributed by atoms with E-state index in [1.165, 1.54) is 0 Å². The third kappa shape index (κ3) is 4.15. The maximum absolute atomic E-state index is 6.05. The Morgan fingerprint density at radius 2 is 2.18 bits per heavy atom. The highest BCUT2D eigenvalue weighted by Gasteiger charge is 2.23. The van der Waals surface area contributed by atoms with Gasteiger partial charge in [0.2, 0.25) is 0 Å². The van der Waals surface area contributed by atoms with Gasteiger partial charge in [-0.1, -0.05) is 0 Å². The summed E-state index contributed by atoms with van der Waals surface area (Å²) in [6.07, 6.45) is 0.996. The van der Waals surface area contributed by atoms with E-state index < -0.39 is 0 Å². The van der Waals surface area contributed by atoms with Crippen LogP contribution >= 0.6 is 0 Å². The fourth-order valence-corrected chi connectivity index (χ4v) is 2.09. The van der Waals surface area contributed by atoms with Gasteiger partial charge in [-0.05, 0) is 39.4 Å². The lowest BCUT2D eigenvalue weighted by atomic mass is 10.1. The van der Waals surface area contributed by atoms with E-state index in [2.05, 4.69) is 11.9 Å². The molecule has 2 atom stereocenters. The molecule has 0 radical (unpaired) electrons. The topological polar surface area (TPSA) is 51.6 Å². The van der Waals surface area contributed by atoms with Crippen LogP contribution in [0.5, 0.6) is 0 Å². The van der Waals surface area contributed by atoms with Crippen LogP contribution in [0.4, 0.5) is 0 Å². The van der Waals surface area contributed by atoms with Gasteiger partial charge in [0.1, 0.15) is 11.5 Å². The van der Waals surface area contributed by atoms with E-state index in [1.807, 2.05) is 26.0 Å². The lowest BCUT2D eigenvalue weighted by Gasteiger charge is -2.29. The molecule has 0 bridgehead atoms. The van der Waals surface area contributed by atoms with Crippen LogP contribution < -0.4 is 5.73 Å². The standard InChI is InChI=1S/C13H24N2O2/c1-10-6-7-12(17-10)13(11(2)14)15(3)8-5-9-16-4/h6-7,11,13H,5,8-9,14H2,1-4H3. The molecule has 17 heavy (non-hydrogen) atoms. The van der Waals surface area contributed by atoms with Crippen LogP contribution in [0.15, 0.2) is 16.5 Å². The van der Waals surface area contributed by atoms with Crippen molar-refractivity contribution in [2.45, 2.75) is 32.4 Å². The molecule has 1 heterocycles. The van der Waals surface area contributed by atoms with Gasteiger partial charge in [-0.3, -0.25) is 4.90 Å². The Balaban J connectivity index is 2.65. The number of likely N-dealkylation sites (N-methyl/N-ethyl adjacent to an activating group) is 1. The summed E-state index contributed by atoms with van der Waals surface area (Å²) in [5, 5.41) is 0. The first kappa shape index (κ1) is 14.2. The predicted octanol–water partition coefficient (Wildman–Crippen LogP) is 1.94. The summed E-state index contributed by atoms with van der Waals surface area (Å²) in [7, 11) is 3.79. The Bertz CT molecular complexity index is 323.